The van der Waals surface area contributed by atoms with Gasteiger partial charge in [0, 0.05) is 18.0 Å². The minimum atomic E-state index is 0.000556. The first-order chi connectivity index (χ1) is 6.68. The van der Waals surface area contributed by atoms with Gasteiger partial charge < -0.3 is 9.40 Å². The molecule has 0 aromatic carbocycles. The molecule has 2 aromatic rings. The minimum absolute atomic E-state index is 0.000556. The van der Waals surface area contributed by atoms with Crippen molar-refractivity contribution in [2.45, 2.75) is 13.8 Å². The van der Waals surface area contributed by atoms with Crippen molar-refractivity contribution in [2.24, 2.45) is 0 Å². The molecule has 0 saturated heterocycles. The third-order valence-corrected chi connectivity index (χ3v) is 2.15. The Hall–Kier alpha value is -1.77. The van der Waals surface area contributed by atoms with Gasteiger partial charge in [-0.2, -0.15) is 0 Å². The number of furan rings is 1. The predicted molar refractivity (Wildman–Crippen MR) is 52.4 cm³/mol. The smallest absolute Gasteiger partial charge is 0.198 e. The van der Waals surface area contributed by atoms with Gasteiger partial charge in [0.2, 0.25) is 0 Å². The van der Waals surface area contributed by atoms with Gasteiger partial charge in [0.25, 0.3) is 0 Å². The zero-order chi connectivity index (χ0) is 10.1. The highest BCUT2D eigenvalue weighted by Crippen LogP contribution is 2.17. The molecular formula is C11H11NO2. The summed E-state index contributed by atoms with van der Waals surface area (Å²) >= 11 is 0. The van der Waals surface area contributed by atoms with Gasteiger partial charge in [0.1, 0.15) is 11.5 Å². The molecule has 72 valence electrons. The van der Waals surface area contributed by atoms with E-state index in [0.717, 1.165) is 5.76 Å². The Morgan fingerprint density at radius 2 is 2.21 bits per heavy atom. The lowest BCUT2D eigenvalue weighted by Gasteiger charge is -1.93. The summed E-state index contributed by atoms with van der Waals surface area (Å²) in [6.45, 7) is 3.63. The van der Waals surface area contributed by atoms with Crippen molar-refractivity contribution in [2.75, 3.05) is 0 Å². The molecule has 0 bridgehead atoms. The minimum Gasteiger partial charge on any atom is -0.466 e. The molecule has 0 aliphatic carbocycles. The van der Waals surface area contributed by atoms with E-state index in [2.05, 4.69) is 4.98 Å². The molecule has 14 heavy (non-hydrogen) atoms. The fourth-order valence-corrected chi connectivity index (χ4v) is 1.48. The molecule has 3 heteroatoms. The van der Waals surface area contributed by atoms with Crippen molar-refractivity contribution in [1.82, 2.24) is 4.98 Å². The molecule has 0 saturated carbocycles. The summed E-state index contributed by atoms with van der Waals surface area (Å²) in [6.07, 6.45) is 3.42. The van der Waals surface area contributed by atoms with E-state index in [1.165, 1.54) is 0 Å². The fourth-order valence-electron chi connectivity index (χ4n) is 1.48. The van der Waals surface area contributed by atoms with Crippen molar-refractivity contribution < 1.29 is 9.21 Å². The second-order valence-electron chi connectivity index (χ2n) is 3.26. The number of carbonyl (C=O) groups is 1. The zero-order valence-electron chi connectivity index (χ0n) is 8.13. The molecule has 0 amide bonds. The number of carbonyl (C=O) groups excluding carboxylic acids is 1. The zero-order valence-corrected chi connectivity index (χ0v) is 8.13. The molecule has 0 fully saturated rings. The van der Waals surface area contributed by atoms with E-state index in [0.29, 0.717) is 16.9 Å². The predicted octanol–water partition coefficient (Wildman–Crippen LogP) is 2.46. The molecular weight excluding hydrogens is 178 g/mol. The fraction of sp³-hybridized carbons (Fsp3) is 0.182. The molecule has 2 heterocycles. The molecule has 0 aliphatic heterocycles. The standard InChI is InChI=1S/C11H11NO2/c1-7-5-10(8(2)14-7)11(13)9-3-4-12-6-9/h3-6,12H,1-2H3. The van der Waals surface area contributed by atoms with Crippen LogP contribution < -0.4 is 0 Å². The van der Waals surface area contributed by atoms with Crippen molar-refractivity contribution >= 4 is 5.78 Å². The van der Waals surface area contributed by atoms with Crippen LogP contribution >= 0.6 is 0 Å². The summed E-state index contributed by atoms with van der Waals surface area (Å²) in [6, 6.07) is 3.52. The first-order valence-electron chi connectivity index (χ1n) is 4.43. The van der Waals surface area contributed by atoms with Gasteiger partial charge >= 0.3 is 0 Å². The van der Waals surface area contributed by atoms with E-state index in [9.17, 15) is 4.79 Å². The van der Waals surface area contributed by atoms with Crippen molar-refractivity contribution in [3.63, 3.8) is 0 Å². The second-order valence-corrected chi connectivity index (χ2v) is 3.26. The first kappa shape index (κ1) is 8.81. The lowest BCUT2D eigenvalue weighted by molar-refractivity contribution is 0.103. The molecule has 0 unspecified atom stereocenters. The van der Waals surface area contributed by atoms with E-state index in [-0.39, 0.29) is 5.78 Å². The van der Waals surface area contributed by atoms with Crippen molar-refractivity contribution in [3.8, 4) is 0 Å². The number of aryl methyl sites for hydroxylation is 2. The number of hydrogen-bond acceptors (Lipinski definition) is 2. The summed E-state index contributed by atoms with van der Waals surface area (Å²) in [7, 11) is 0. The summed E-state index contributed by atoms with van der Waals surface area (Å²) in [5.74, 6) is 1.44. The van der Waals surface area contributed by atoms with Gasteiger partial charge in [-0.3, -0.25) is 4.79 Å². The highest BCUT2D eigenvalue weighted by atomic mass is 16.3. The lowest BCUT2D eigenvalue weighted by Crippen LogP contribution is -1.99. The number of hydrogen-bond donors (Lipinski definition) is 1. The molecule has 3 nitrogen and oxygen atoms in total. The highest BCUT2D eigenvalue weighted by Gasteiger charge is 2.15. The van der Waals surface area contributed by atoms with Gasteiger partial charge in [-0.25, -0.2) is 0 Å². The van der Waals surface area contributed by atoms with Crippen LogP contribution in [0.25, 0.3) is 0 Å². The van der Waals surface area contributed by atoms with Crippen LogP contribution in [-0.4, -0.2) is 10.8 Å². The average molecular weight is 189 g/mol. The van der Waals surface area contributed by atoms with Crippen LogP contribution in [0.1, 0.15) is 27.4 Å². The van der Waals surface area contributed by atoms with Crippen LogP contribution in [0, 0.1) is 13.8 Å². The van der Waals surface area contributed by atoms with Crippen LogP contribution in [-0.2, 0) is 0 Å². The maximum Gasteiger partial charge on any atom is 0.198 e. The van der Waals surface area contributed by atoms with E-state index in [1.54, 1.807) is 31.5 Å². The maximum atomic E-state index is 11.9. The second kappa shape index (κ2) is 3.18. The van der Waals surface area contributed by atoms with E-state index in [1.807, 2.05) is 6.92 Å². The first-order valence-corrected chi connectivity index (χ1v) is 4.43. The Kier molecular flexibility index (Phi) is 2.00. The monoisotopic (exact) mass is 189 g/mol. The van der Waals surface area contributed by atoms with E-state index < -0.39 is 0 Å². The maximum absolute atomic E-state index is 11.9. The van der Waals surface area contributed by atoms with Crippen LogP contribution in [0.5, 0.6) is 0 Å². The van der Waals surface area contributed by atoms with E-state index >= 15 is 0 Å². The molecule has 0 aliphatic rings. The number of aromatic nitrogens is 1. The number of ketones is 1. The summed E-state index contributed by atoms with van der Waals surface area (Å²) in [4.78, 5) is 14.7. The molecule has 0 radical (unpaired) electrons. The molecule has 2 rings (SSSR count). The molecule has 2 aromatic heterocycles. The Labute approximate surface area is 81.7 Å². The summed E-state index contributed by atoms with van der Waals surface area (Å²) < 4.78 is 5.30. The third kappa shape index (κ3) is 1.37. The molecule has 0 spiro atoms. The van der Waals surface area contributed by atoms with Crippen LogP contribution in [0.4, 0.5) is 0 Å². The third-order valence-electron chi connectivity index (χ3n) is 2.15. The topological polar surface area (TPSA) is 46.0 Å². The SMILES string of the molecule is Cc1cc(C(=O)c2cc[nH]c2)c(C)o1. The Morgan fingerprint density at radius 3 is 2.71 bits per heavy atom. The van der Waals surface area contributed by atoms with Crippen molar-refractivity contribution in [1.29, 1.82) is 0 Å². The summed E-state index contributed by atoms with van der Waals surface area (Å²) in [5.41, 5.74) is 1.30. The van der Waals surface area contributed by atoms with Gasteiger partial charge in [-0.05, 0) is 26.0 Å². The Morgan fingerprint density at radius 1 is 1.43 bits per heavy atom. The lowest BCUT2D eigenvalue weighted by atomic mass is 10.1. The van der Waals surface area contributed by atoms with Crippen LogP contribution in [0.2, 0.25) is 0 Å². The Bertz CT molecular complexity index is 452. The Balaban J connectivity index is 2.41. The highest BCUT2D eigenvalue weighted by molar-refractivity contribution is 6.09. The number of rotatable bonds is 2. The van der Waals surface area contributed by atoms with Gasteiger partial charge in [0.05, 0.1) is 5.56 Å². The van der Waals surface area contributed by atoms with Gasteiger partial charge in [0.15, 0.2) is 5.78 Å². The van der Waals surface area contributed by atoms with Gasteiger partial charge in [-0.15, -0.1) is 0 Å². The van der Waals surface area contributed by atoms with Crippen LogP contribution in [0.15, 0.2) is 28.9 Å². The average Bonchev–Trinajstić information content (AvgIpc) is 2.73. The van der Waals surface area contributed by atoms with Gasteiger partial charge in [-0.1, -0.05) is 0 Å². The quantitative estimate of drug-likeness (QED) is 0.737. The van der Waals surface area contributed by atoms with Crippen molar-refractivity contribution in [3.05, 3.63) is 47.2 Å². The normalized spacial score (nSPS) is 10.4. The largest absolute Gasteiger partial charge is 0.466 e. The molecule has 0 atom stereocenters. The summed E-state index contributed by atoms with van der Waals surface area (Å²) in [5, 5.41) is 0. The number of nitrogens with one attached hydrogen (secondary N) is 1. The van der Waals surface area contributed by atoms with Crippen LogP contribution in [0.3, 0.4) is 0 Å². The number of aromatic amines is 1. The molecule has 1 N–H and O–H groups in total. The van der Waals surface area contributed by atoms with E-state index in [4.69, 9.17) is 4.42 Å². The number of H-pyrrole nitrogens is 1.